The van der Waals surface area contributed by atoms with Crippen LogP contribution in [0.4, 0.5) is 5.82 Å². The molecule has 0 saturated carbocycles. The van der Waals surface area contributed by atoms with Crippen molar-refractivity contribution in [2.75, 3.05) is 25.5 Å². The molecule has 0 unspecified atom stereocenters. The van der Waals surface area contributed by atoms with Crippen LogP contribution in [0.5, 0.6) is 5.75 Å². The number of aryl methyl sites for hydroxylation is 1. The summed E-state index contributed by atoms with van der Waals surface area (Å²) in [4.78, 5) is 9.13. The molecule has 0 bridgehead atoms. The molecule has 0 aliphatic carbocycles. The maximum absolute atomic E-state index is 12.4. The number of hydrogen-bond acceptors (Lipinski definition) is 7. The third-order valence-corrected chi connectivity index (χ3v) is 6.42. The minimum absolute atomic E-state index is 0.155. The van der Waals surface area contributed by atoms with Crippen molar-refractivity contribution in [1.82, 2.24) is 24.5 Å². The van der Waals surface area contributed by atoms with Crippen molar-refractivity contribution in [2.45, 2.75) is 11.8 Å². The summed E-state index contributed by atoms with van der Waals surface area (Å²) >= 11 is 5.82. The van der Waals surface area contributed by atoms with Gasteiger partial charge in [-0.1, -0.05) is 11.6 Å². The Morgan fingerprint density at radius 3 is 2.44 bits per heavy atom. The molecule has 4 aromatic rings. The van der Waals surface area contributed by atoms with Gasteiger partial charge >= 0.3 is 0 Å². The molecular formula is C21H21ClN6O3S. The van der Waals surface area contributed by atoms with Gasteiger partial charge in [-0.05, 0) is 55.5 Å². The fourth-order valence-corrected chi connectivity index (χ4v) is 4.29. The van der Waals surface area contributed by atoms with Crippen LogP contribution < -0.4 is 14.8 Å². The molecule has 0 spiro atoms. The fraction of sp³-hybridized carbons (Fsp3) is 0.190. The number of benzene rings is 2. The van der Waals surface area contributed by atoms with E-state index in [1.807, 2.05) is 24.3 Å². The molecule has 0 aliphatic heterocycles. The highest BCUT2D eigenvalue weighted by Gasteiger charge is 2.15. The van der Waals surface area contributed by atoms with Crippen molar-refractivity contribution in [3.8, 4) is 11.4 Å². The molecule has 0 fully saturated rings. The lowest BCUT2D eigenvalue weighted by Gasteiger charge is -2.10. The first-order valence-electron chi connectivity index (χ1n) is 9.73. The van der Waals surface area contributed by atoms with Crippen LogP contribution in [-0.2, 0) is 10.0 Å². The van der Waals surface area contributed by atoms with E-state index in [1.54, 1.807) is 24.9 Å². The largest absolute Gasteiger partial charge is 0.497 e. The van der Waals surface area contributed by atoms with Crippen molar-refractivity contribution < 1.29 is 13.2 Å². The lowest BCUT2D eigenvalue weighted by atomic mass is 10.3. The molecule has 0 saturated heterocycles. The Morgan fingerprint density at radius 1 is 1.03 bits per heavy atom. The lowest BCUT2D eigenvalue weighted by molar-refractivity contribution is 0.414. The van der Waals surface area contributed by atoms with Gasteiger partial charge in [0.1, 0.15) is 17.4 Å². The third kappa shape index (κ3) is 4.67. The third-order valence-electron chi connectivity index (χ3n) is 4.69. The molecule has 32 heavy (non-hydrogen) atoms. The van der Waals surface area contributed by atoms with E-state index in [-0.39, 0.29) is 11.4 Å². The average molecular weight is 473 g/mol. The molecule has 11 heteroatoms. The summed E-state index contributed by atoms with van der Waals surface area (Å²) < 4.78 is 34.3. The normalized spacial score (nSPS) is 11.6. The van der Waals surface area contributed by atoms with E-state index < -0.39 is 10.0 Å². The molecule has 2 heterocycles. The Labute approximate surface area is 190 Å². The summed E-state index contributed by atoms with van der Waals surface area (Å²) in [5.41, 5.74) is 1.48. The first kappa shape index (κ1) is 22.0. The minimum atomic E-state index is -3.63. The molecule has 0 amide bonds. The van der Waals surface area contributed by atoms with Crippen molar-refractivity contribution in [3.05, 3.63) is 65.6 Å². The highest BCUT2D eigenvalue weighted by molar-refractivity contribution is 7.89. The summed E-state index contributed by atoms with van der Waals surface area (Å²) in [5.74, 6) is 1.90. The van der Waals surface area contributed by atoms with Gasteiger partial charge in [-0.3, -0.25) is 0 Å². The van der Waals surface area contributed by atoms with Gasteiger partial charge in [0.2, 0.25) is 10.0 Å². The molecule has 166 valence electrons. The molecule has 9 nitrogen and oxygen atoms in total. The highest BCUT2D eigenvalue weighted by Crippen LogP contribution is 2.23. The zero-order valence-corrected chi connectivity index (χ0v) is 19.0. The van der Waals surface area contributed by atoms with Gasteiger partial charge in [0, 0.05) is 18.1 Å². The number of halogens is 1. The van der Waals surface area contributed by atoms with Crippen molar-refractivity contribution in [2.24, 2.45) is 0 Å². The molecule has 4 rings (SSSR count). The van der Waals surface area contributed by atoms with Crippen LogP contribution in [0.2, 0.25) is 5.02 Å². The van der Waals surface area contributed by atoms with Crippen LogP contribution in [0.15, 0.2) is 59.6 Å². The van der Waals surface area contributed by atoms with Crippen molar-refractivity contribution >= 4 is 38.5 Å². The van der Waals surface area contributed by atoms with Gasteiger partial charge in [0.25, 0.3) is 0 Å². The molecule has 0 atom stereocenters. The second kappa shape index (κ2) is 9.11. The Morgan fingerprint density at radius 2 is 1.75 bits per heavy atom. The van der Waals surface area contributed by atoms with Crippen molar-refractivity contribution in [3.63, 3.8) is 0 Å². The second-order valence-electron chi connectivity index (χ2n) is 6.89. The van der Waals surface area contributed by atoms with Crippen LogP contribution in [0.3, 0.4) is 0 Å². The lowest BCUT2D eigenvalue weighted by Crippen LogP contribution is -2.29. The molecule has 0 radical (unpaired) electrons. The van der Waals surface area contributed by atoms with Crippen LogP contribution in [0, 0.1) is 6.92 Å². The van der Waals surface area contributed by atoms with Gasteiger partial charge in [-0.15, -0.1) is 0 Å². The highest BCUT2D eigenvalue weighted by atomic mass is 35.5. The number of rotatable bonds is 8. The topological polar surface area (TPSA) is 111 Å². The Balaban J connectivity index is 1.48. The standard InChI is InChI=1S/C21H21ClN6O3S/c1-14-26-20(23-11-12-25-32(29,30)18-9-3-15(22)4-10-18)19-13-24-28(21(19)27-14)16-5-7-17(31-2)8-6-16/h3-10,13,25H,11-12H2,1-2H3,(H,23,26,27). The van der Waals surface area contributed by atoms with Crippen LogP contribution in [0.1, 0.15) is 5.82 Å². The summed E-state index contributed by atoms with van der Waals surface area (Å²) in [6.07, 6.45) is 1.68. The monoisotopic (exact) mass is 472 g/mol. The molecule has 2 aromatic carbocycles. The number of aromatic nitrogens is 4. The first-order chi connectivity index (χ1) is 15.4. The van der Waals surface area contributed by atoms with E-state index in [9.17, 15) is 8.42 Å². The van der Waals surface area contributed by atoms with Gasteiger partial charge in [0.15, 0.2) is 5.65 Å². The van der Waals surface area contributed by atoms with Gasteiger partial charge in [-0.25, -0.2) is 27.8 Å². The number of hydrogen-bond donors (Lipinski definition) is 2. The predicted molar refractivity (Wildman–Crippen MR) is 123 cm³/mol. The Kier molecular flexibility index (Phi) is 6.26. The number of nitrogens with zero attached hydrogens (tertiary/aromatic N) is 4. The SMILES string of the molecule is COc1ccc(-n2ncc3c(NCCNS(=O)(=O)c4ccc(Cl)cc4)nc(C)nc32)cc1. The van der Waals surface area contributed by atoms with E-state index in [2.05, 4.69) is 25.1 Å². The molecule has 2 N–H and O–H groups in total. The van der Waals surface area contributed by atoms with Crippen LogP contribution >= 0.6 is 11.6 Å². The summed E-state index contributed by atoms with van der Waals surface area (Å²) in [7, 11) is -2.01. The predicted octanol–water partition coefficient (Wildman–Crippen LogP) is 3.18. The van der Waals surface area contributed by atoms with E-state index >= 15 is 0 Å². The first-order valence-corrected chi connectivity index (χ1v) is 11.6. The average Bonchev–Trinajstić information content (AvgIpc) is 3.21. The Bertz CT molecular complexity index is 1340. The summed E-state index contributed by atoms with van der Waals surface area (Å²) in [6.45, 7) is 2.29. The van der Waals surface area contributed by atoms with Crippen molar-refractivity contribution in [1.29, 1.82) is 0 Å². The maximum Gasteiger partial charge on any atom is 0.240 e. The number of anilines is 1. The van der Waals surface area contributed by atoms with Crippen LogP contribution in [-0.4, -0.2) is 48.4 Å². The Hall–Kier alpha value is -3.21. The maximum atomic E-state index is 12.4. The van der Waals surface area contributed by atoms with E-state index in [0.29, 0.717) is 28.9 Å². The molecule has 2 aromatic heterocycles. The van der Waals surface area contributed by atoms with Crippen LogP contribution in [0.25, 0.3) is 16.7 Å². The number of nitrogens with one attached hydrogen (secondary N) is 2. The van der Waals surface area contributed by atoms with Gasteiger partial charge < -0.3 is 10.1 Å². The van der Waals surface area contributed by atoms with E-state index in [4.69, 9.17) is 16.3 Å². The minimum Gasteiger partial charge on any atom is -0.497 e. The summed E-state index contributed by atoms with van der Waals surface area (Å²) in [6, 6.07) is 13.5. The fourth-order valence-electron chi connectivity index (χ4n) is 3.13. The second-order valence-corrected chi connectivity index (χ2v) is 9.09. The number of methoxy groups -OCH3 is 1. The zero-order chi connectivity index (χ0) is 22.7. The number of sulfonamides is 1. The quantitative estimate of drug-likeness (QED) is 0.379. The number of ether oxygens (including phenoxy) is 1. The van der Waals surface area contributed by atoms with Gasteiger partial charge in [0.05, 0.1) is 29.3 Å². The number of fused-ring (bicyclic) bond motifs is 1. The zero-order valence-electron chi connectivity index (χ0n) is 17.4. The summed E-state index contributed by atoms with van der Waals surface area (Å²) in [5, 5.41) is 8.82. The molecule has 0 aliphatic rings. The smallest absolute Gasteiger partial charge is 0.240 e. The molecular weight excluding hydrogens is 452 g/mol. The van der Waals surface area contributed by atoms with E-state index in [0.717, 1.165) is 16.8 Å². The van der Waals surface area contributed by atoms with E-state index in [1.165, 1.54) is 24.3 Å². The van der Waals surface area contributed by atoms with Gasteiger partial charge in [-0.2, -0.15) is 5.10 Å².